The Kier molecular flexibility index (Phi) is 4.04. The average Bonchev–Trinajstić information content (AvgIpc) is 2.42. The first-order valence-electron chi connectivity index (χ1n) is 5.86. The Hall–Kier alpha value is -2.67. The van der Waals surface area contributed by atoms with E-state index in [0.717, 1.165) is 17.8 Å². The number of nitrogen functional groups attached to an aromatic ring is 1. The molecule has 0 bridgehead atoms. The molecule has 2 aromatic rings. The second-order valence-corrected chi connectivity index (χ2v) is 4.71. The first-order valence-corrected chi connectivity index (χ1v) is 6.23. The van der Waals surface area contributed by atoms with E-state index in [9.17, 15) is 14.9 Å². The number of nitro groups is 1. The first kappa shape index (κ1) is 14.7. The first-order chi connectivity index (χ1) is 9.88. The molecule has 0 radical (unpaired) electrons. The number of anilines is 2. The van der Waals surface area contributed by atoms with Crippen LogP contribution in [-0.4, -0.2) is 15.8 Å². The largest absolute Gasteiger partial charge is 0.384 e. The zero-order valence-corrected chi connectivity index (χ0v) is 11.7. The van der Waals surface area contributed by atoms with Crippen LogP contribution in [0.5, 0.6) is 0 Å². The highest BCUT2D eigenvalue weighted by Gasteiger charge is 2.21. The van der Waals surface area contributed by atoms with E-state index in [1.54, 1.807) is 18.2 Å². The fraction of sp³-hybridized carbons (Fsp3) is 0.0769. The number of hydrogen-bond donors (Lipinski definition) is 2. The Bertz CT molecular complexity index is 733. The second-order valence-electron chi connectivity index (χ2n) is 4.30. The summed E-state index contributed by atoms with van der Waals surface area (Å²) < 4.78 is 0. The van der Waals surface area contributed by atoms with Gasteiger partial charge in [-0.3, -0.25) is 14.9 Å². The number of aromatic nitrogens is 1. The summed E-state index contributed by atoms with van der Waals surface area (Å²) in [5.41, 5.74) is 6.17. The van der Waals surface area contributed by atoms with Gasteiger partial charge in [0.15, 0.2) is 0 Å². The van der Waals surface area contributed by atoms with Crippen LogP contribution in [-0.2, 0) is 0 Å². The Labute approximate surface area is 124 Å². The molecule has 1 amide bonds. The highest BCUT2D eigenvalue weighted by atomic mass is 35.5. The Morgan fingerprint density at radius 1 is 1.43 bits per heavy atom. The minimum Gasteiger partial charge on any atom is -0.384 e. The van der Waals surface area contributed by atoms with Crippen LogP contribution < -0.4 is 11.1 Å². The van der Waals surface area contributed by atoms with E-state index in [-0.39, 0.29) is 11.4 Å². The second kappa shape index (κ2) is 5.76. The summed E-state index contributed by atoms with van der Waals surface area (Å²) in [6.07, 6.45) is 0.951. The topological polar surface area (TPSA) is 111 Å². The number of carbonyl (C=O) groups is 1. The predicted molar refractivity (Wildman–Crippen MR) is 79.4 cm³/mol. The molecule has 0 unspecified atom stereocenters. The van der Waals surface area contributed by atoms with Crippen LogP contribution in [0.1, 0.15) is 15.9 Å². The van der Waals surface area contributed by atoms with E-state index in [2.05, 4.69) is 10.3 Å². The van der Waals surface area contributed by atoms with Crippen molar-refractivity contribution < 1.29 is 9.72 Å². The van der Waals surface area contributed by atoms with Gasteiger partial charge in [-0.15, -0.1) is 0 Å². The molecule has 0 aliphatic rings. The van der Waals surface area contributed by atoms with Gasteiger partial charge in [-0.05, 0) is 30.7 Å². The van der Waals surface area contributed by atoms with Crippen molar-refractivity contribution in [1.29, 1.82) is 0 Å². The SMILES string of the molecule is Cc1ccc(NC(=O)c2cc(N)ncc2[N+](=O)[O-])cc1Cl. The van der Waals surface area contributed by atoms with E-state index in [1.807, 2.05) is 6.92 Å². The van der Waals surface area contributed by atoms with Gasteiger partial charge < -0.3 is 11.1 Å². The normalized spacial score (nSPS) is 10.2. The molecule has 1 aromatic heterocycles. The summed E-state index contributed by atoms with van der Waals surface area (Å²) in [6, 6.07) is 6.09. The van der Waals surface area contributed by atoms with Crippen LogP contribution in [0.4, 0.5) is 17.2 Å². The molecule has 21 heavy (non-hydrogen) atoms. The Balaban J connectivity index is 2.34. The summed E-state index contributed by atoms with van der Waals surface area (Å²) in [4.78, 5) is 26.0. The minimum absolute atomic E-state index is 0.0210. The molecular formula is C13H11ClN4O3. The lowest BCUT2D eigenvalue weighted by atomic mass is 10.2. The molecule has 7 nitrogen and oxygen atoms in total. The number of hydrogen-bond acceptors (Lipinski definition) is 5. The van der Waals surface area contributed by atoms with Crippen LogP contribution in [0.2, 0.25) is 5.02 Å². The fourth-order valence-electron chi connectivity index (χ4n) is 1.66. The summed E-state index contributed by atoms with van der Waals surface area (Å²) in [5, 5.41) is 13.9. The number of rotatable bonds is 3. The molecular weight excluding hydrogens is 296 g/mol. The zero-order chi connectivity index (χ0) is 15.6. The smallest absolute Gasteiger partial charge is 0.300 e. The van der Waals surface area contributed by atoms with Crippen LogP contribution in [0.15, 0.2) is 30.5 Å². The van der Waals surface area contributed by atoms with Crippen LogP contribution in [0.25, 0.3) is 0 Å². The molecule has 2 rings (SSSR count). The number of aryl methyl sites for hydroxylation is 1. The van der Waals surface area contributed by atoms with Gasteiger partial charge in [0.05, 0.1) is 4.92 Å². The molecule has 108 valence electrons. The van der Waals surface area contributed by atoms with Crippen molar-refractivity contribution in [2.45, 2.75) is 6.92 Å². The summed E-state index contributed by atoms with van der Waals surface area (Å²) >= 11 is 5.96. The van der Waals surface area contributed by atoms with Gasteiger partial charge in [0.25, 0.3) is 11.6 Å². The lowest BCUT2D eigenvalue weighted by molar-refractivity contribution is -0.385. The molecule has 3 N–H and O–H groups in total. The molecule has 0 spiro atoms. The van der Waals surface area contributed by atoms with Gasteiger partial charge >= 0.3 is 0 Å². The van der Waals surface area contributed by atoms with E-state index in [0.29, 0.717) is 10.7 Å². The van der Waals surface area contributed by atoms with Crippen molar-refractivity contribution in [1.82, 2.24) is 4.98 Å². The molecule has 8 heteroatoms. The standard InChI is InChI=1S/C13H11ClN4O3/c1-7-2-3-8(4-10(7)14)17-13(19)9-5-12(15)16-6-11(9)18(20)21/h2-6H,1H3,(H2,15,16)(H,17,19). The molecule has 0 saturated heterocycles. The van der Waals surface area contributed by atoms with Crippen LogP contribution in [0.3, 0.4) is 0 Å². The Morgan fingerprint density at radius 3 is 2.76 bits per heavy atom. The van der Waals surface area contributed by atoms with Crippen molar-refractivity contribution in [2.75, 3.05) is 11.1 Å². The quantitative estimate of drug-likeness (QED) is 0.669. The highest BCUT2D eigenvalue weighted by molar-refractivity contribution is 6.31. The molecule has 0 aliphatic carbocycles. The molecule has 1 aromatic carbocycles. The number of carbonyl (C=O) groups excluding carboxylic acids is 1. The van der Waals surface area contributed by atoms with Crippen molar-refractivity contribution in [3.8, 4) is 0 Å². The van der Waals surface area contributed by atoms with Crippen molar-refractivity contribution in [2.24, 2.45) is 0 Å². The lowest BCUT2D eigenvalue weighted by Crippen LogP contribution is -2.15. The third kappa shape index (κ3) is 3.26. The third-order valence-corrected chi connectivity index (χ3v) is 3.18. The van der Waals surface area contributed by atoms with Crippen LogP contribution >= 0.6 is 11.6 Å². The van der Waals surface area contributed by atoms with Crippen molar-refractivity contribution in [3.63, 3.8) is 0 Å². The predicted octanol–water partition coefficient (Wildman–Crippen LogP) is 2.79. The van der Waals surface area contributed by atoms with Gasteiger partial charge in [-0.25, -0.2) is 4.98 Å². The number of amides is 1. The summed E-state index contributed by atoms with van der Waals surface area (Å²) in [5.74, 6) is -0.636. The van der Waals surface area contributed by atoms with Crippen LogP contribution in [0, 0.1) is 17.0 Å². The molecule has 0 atom stereocenters. The maximum Gasteiger partial charge on any atom is 0.300 e. The van der Waals surface area contributed by atoms with Crippen molar-refractivity contribution in [3.05, 3.63) is 56.7 Å². The zero-order valence-electron chi connectivity index (χ0n) is 11.0. The van der Waals surface area contributed by atoms with E-state index in [1.165, 1.54) is 0 Å². The number of benzene rings is 1. The lowest BCUT2D eigenvalue weighted by Gasteiger charge is -2.07. The summed E-state index contributed by atoms with van der Waals surface area (Å²) in [7, 11) is 0. The molecule has 0 fully saturated rings. The maximum absolute atomic E-state index is 12.1. The van der Waals surface area contributed by atoms with Crippen molar-refractivity contribution >= 4 is 34.7 Å². The summed E-state index contributed by atoms with van der Waals surface area (Å²) in [6.45, 7) is 1.82. The minimum atomic E-state index is -0.691. The number of nitrogens with two attached hydrogens (primary N) is 1. The van der Waals surface area contributed by atoms with Gasteiger partial charge in [0.1, 0.15) is 17.6 Å². The van der Waals surface area contributed by atoms with Gasteiger partial charge in [0, 0.05) is 10.7 Å². The van der Waals surface area contributed by atoms with E-state index in [4.69, 9.17) is 17.3 Å². The average molecular weight is 307 g/mol. The fourth-order valence-corrected chi connectivity index (χ4v) is 1.84. The monoisotopic (exact) mass is 306 g/mol. The van der Waals surface area contributed by atoms with Gasteiger partial charge in [-0.1, -0.05) is 17.7 Å². The van der Waals surface area contributed by atoms with Gasteiger partial charge in [0.2, 0.25) is 0 Å². The van der Waals surface area contributed by atoms with E-state index >= 15 is 0 Å². The number of halogens is 1. The highest BCUT2D eigenvalue weighted by Crippen LogP contribution is 2.23. The van der Waals surface area contributed by atoms with Gasteiger partial charge in [-0.2, -0.15) is 0 Å². The molecule has 0 aliphatic heterocycles. The van der Waals surface area contributed by atoms with E-state index < -0.39 is 16.5 Å². The molecule has 0 saturated carbocycles. The maximum atomic E-state index is 12.1. The Morgan fingerprint density at radius 2 is 2.14 bits per heavy atom. The number of pyridine rings is 1. The molecule has 1 heterocycles. The third-order valence-electron chi connectivity index (χ3n) is 2.78. The number of nitrogens with one attached hydrogen (secondary N) is 1. The number of nitrogens with zero attached hydrogens (tertiary/aromatic N) is 2.